The Bertz CT molecular complexity index is 96.1. The van der Waals surface area contributed by atoms with Gasteiger partial charge in [0.1, 0.15) is 0 Å². The van der Waals surface area contributed by atoms with Crippen molar-refractivity contribution in [3.63, 3.8) is 0 Å². The molecule has 0 fully saturated rings. The van der Waals surface area contributed by atoms with Crippen LogP contribution in [0.2, 0.25) is 0 Å². The minimum Gasteiger partial charge on any atom is -0.381 e. The van der Waals surface area contributed by atoms with Crippen LogP contribution in [0, 0.1) is 5.92 Å². The van der Waals surface area contributed by atoms with Crippen molar-refractivity contribution in [2.75, 3.05) is 19.0 Å². The second-order valence-electron chi connectivity index (χ2n) is 3.78. The lowest BCUT2D eigenvalue weighted by molar-refractivity contribution is 0.107. The van der Waals surface area contributed by atoms with Crippen LogP contribution in [-0.4, -0.2) is 19.0 Å². The van der Waals surface area contributed by atoms with Crippen LogP contribution in [-0.2, 0) is 4.74 Å². The molecule has 1 atom stereocenters. The highest BCUT2D eigenvalue weighted by atomic mass is 32.1. The van der Waals surface area contributed by atoms with Gasteiger partial charge in [-0.2, -0.15) is 12.6 Å². The zero-order valence-electron chi connectivity index (χ0n) is 9.09. The maximum absolute atomic E-state index is 5.52. The van der Waals surface area contributed by atoms with Crippen molar-refractivity contribution in [2.45, 2.75) is 46.0 Å². The Balaban J connectivity index is 2.91. The fraction of sp³-hybridized carbons (Fsp3) is 1.00. The van der Waals surface area contributed by atoms with Crippen molar-refractivity contribution < 1.29 is 4.74 Å². The highest BCUT2D eigenvalue weighted by Crippen LogP contribution is 2.03. The van der Waals surface area contributed by atoms with Gasteiger partial charge < -0.3 is 4.74 Å². The predicted molar refractivity (Wildman–Crippen MR) is 62.6 cm³/mol. The Morgan fingerprint density at radius 3 is 2.46 bits per heavy atom. The summed E-state index contributed by atoms with van der Waals surface area (Å²) in [5, 5.41) is 0. The number of hydrogen-bond donors (Lipinski definition) is 1. The van der Waals surface area contributed by atoms with Gasteiger partial charge >= 0.3 is 0 Å². The van der Waals surface area contributed by atoms with Gasteiger partial charge in [0.25, 0.3) is 0 Å². The second-order valence-corrected chi connectivity index (χ2v) is 4.14. The van der Waals surface area contributed by atoms with Crippen LogP contribution in [0.15, 0.2) is 0 Å². The molecule has 0 aromatic rings. The van der Waals surface area contributed by atoms with Gasteiger partial charge in [-0.3, -0.25) is 0 Å². The van der Waals surface area contributed by atoms with Crippen molar-refractivity contribution in [1.29, 1.82) is 0 Å². The first kappa shape index (κ1) is 13.3. The Hall–Kier alpha value is 0.310. The molecule has 13 heavy (non-hydrogen) atoms. The van der Waals surface area contributed by atoms with Crippen LogP contribution in [0.5, 0.6) is 0 Å². The summed E-state index contributed by atoms with van der Waals surface area (Å²) in [5.74, 6) is 1.52. The Morgan fingerprint density at radius 1 is 1.15 bits per heavy atom. The summed E-state index contributed by atoms with van der Waals surface area (Å²) in [5.41, 5.74) is 0. The van der Waals surface area contributed by atoms with E-state index in [1.54, 1.807) is 0 Å². The van der Waals surface area contributed by atoms with Gasteiger partial charge in [0.05, 0.1) is 0 Å². The van der Waals surface area contributed by atoms with Crippen LogP contribution in [0.1, 0.15) is 46.0 Å². The largest absolute Gasteiger partial charge is 0.381 e. The van der Waals surface area contributed by atoms with Gasteiger partial charge in [0, 0.05) is 13.2 Å². The van der Waals surface area contributed by atoms with Crippen LogP contribution in [0.25, 0.3) is 0 Å². The second kappa shape index (κ2) is 10.4. The van der Waals surface area contributed by atoms with E-state index in [-0.39, 0.29) is 0 Å². The van der Waals surface area contributed by atoms with E-state index in [4.69, 9.17) is 4.74 Å². The molecule has 1 unspecified atom stereocenters. The van der Waals surface area contributed by atoms with E-state index in [1.165, 1.54) is 32.1 Å². The van der Waals surface area contributed by atoms with Gasteiger partial charge in [-0.05, 0) is 18.1 Å². The summed E-state index contributed by atoms with van der Waals surface area (Å²) in [4.78, 5) is 0. The molecule has 0 saturated heterocycles. The third kappa shape index (κ3) is 10.2. The van der Waals surface area contributed by atoms with Gasteiger partial charge in [0.2, 0.25) is 0 Å². The summed E-state index contributed by atoms with van der Waals surface area (Å²) < 4.78 is 5.52. The molecule has 0 bridgehead atoms. The van der Waals surface area contributed by atoms with Crippen LogP contribution in [0.3, 0.4) is 0 Å². The van der Waals surface area contributed by atoms with E-state index in [2.05, 4.69) is 26.5 Å². The molecule has 0 aliphatic rings. The number of hydrogen-bond acceptors (Lipinski definition) is 2. The summed E-state index contributed by atoms with van der Waals surface area (Å²) in [7, 11) is 0. The van der Waals surface area contributed by atoms with Gasteiger partial charge in [0.15, 0.2) is 0 Å². The molecule has 0 aliphatic carbocycles. The Morgan fingerprint density at radius 2 is 1.85 bits per heavy atom. The molecule has 0 spiro atoms. The maximum Gasteiger partial charge on any atom is 0.0499 e. The number of unbranched alkanes of at least 4 members (excludes halogenated alkanes) is 4. The highest BCUT2D eigenvalue weighted by molar-refractivity contribution is 7.80. The molecule has 80 valence electrons. The molecule has 0 heterocycles. The minimum atomic E-state index is 0.596. The van der Waals surface area contributed by atoms with E-state index in [1.807, 2.05) is 0 Å². The summed E-state index contributed by atoms with van der Waals surface area (Å²) in [6, 6.07) is 0. The van der Waals surface area contributed by atoms with E-state index in [0.717, 1.165) is 19.0 Å². The number of rotatable bonds is 9. The third-order valence-corrected chi connectivity index (χ3v) is 2.73. The molecule has 0 amide bonds. The predicted octanol–water partition coefficient (Wildman–Crippen LogP) is 3.54. The zero-order chi connectivity index (χ0) is 9.94. The molecular formula is C11H24OS. The van der Waals surface area contributed by atoms with Crippen molar-refractivity contribution >= 4 is 12.6 Å². The standard InChI is InChI=1S/C11H24OS/c1-3-4-5-6-7-8-12-9-11(2)10-13/h11,13H,3-10H2,1-2H3. The fourth-order valence-corrected chi connectivity index (χ4v) is 1.25. The lowest BCUT2D eigenvalue weighted by atomic mass is 10.2. The lowest BCUT2D eigenvalue weighted by Crippen LogP contribution is -2.07. The quantitative estimate of drug-likeness (QED) is 0.446. The van der Waals surface area contributed by atoms with E-state index >= 15 is 0 Å². The molecule has 0 aliphatic heterocycles. The number of ether oxygens (including phenoxy) is 1. The van der Waals surface area contributed by atoms with Crippen LogP contribution >= 0.6 is 12.6 Å². The van der Waals surface area contributed by atoms with Crippen molar-refractivity contribution in [2.24, 2.45) is 5.92 Å². The first-order valence-corrected chi connectivity index (χ1v) is 6.13. The first-order valence-electron chi connectivity index (χ1n) is 5.49. The van der Waals surface area contributed by atoms with Crippen LogP contribution in [0.4, 0.5) is 0 Å². The first-order chi connectivity index (χ1) is 6.31. The van der Waals surface area contributed by atoms with Gasteiger partial charge in [-0.25, -0.2) is 0 Å². The molecule has 0 aromatic carbocycles. The lowest BCUT2D eigenvalue weighted by Gasteiger charge is -2.08. The normalized spacial score (nSPS) is 13.2. The highest BCUT2D eigenvalue weighted by Gasteiger charge is 1.97. The fourth-order valence-electron chi connectivity index (χ4n) is 1.14. The average Bonchev–Trinajstić information content (AvgIpc) is 2.16. The van der Waals surface area contributed by atoms with Crippen molar-refractivity contribution in [1.82, 2.24) is 0 Å². The molecule has 0 radical (unpaired) electrons. The van der Waals surface area contributed by atoms with Gasteiger partial charge in [-0.15, -0.1) is 0 Å². The van der Waals surface area contributed by atoms with Crippen LogP contribution < -0.4 is 0 Å². The molecule has 0 N–H and O–H groups in total. The summed E-state index contributed by atoms with van der Waals surface area (Å²) >= 11 is 4.21. The molecule has 0 saturated carbocycles. The monoisotopic (exact) mass is 204 g/mol. The smallest absolute Gasteiger partial charge is 0.0499 e. The Kier molecular flexibility index (Phi) is 10.6. The van der Waals surface area contributed by atoms with E-state index in [0.29, 0.717) is 5.92 Å². The molecule has 1 nitrogen and oxygen atoms in total. The zero-order valence-corrected chi connectivity index (χ0v) is 9.98. The molecular weight excluding hydrogens is 180 g/mol. The minimum absolute atomic E-state index is 0.596. The summed E-state index contributed by atoms with van der Waals surface area (Å²) in [6.07, 6.45) is 6.59. The topological polar surface area (TPSA) is 9.23 Å². The molecule has 2 heteroatoms. The summed E-state index contributed by atoms with van der Waals surface area (Å²) in [6.45, 7) is 6.22. The molecule has 0 aromatic heterocycles. The molecule has 0 rings (SSSR count). The van der Waals surface area contributed by atoms with E-state index in [9.17, 15) is 0 Å². The average molecular weight is 204 g/mol. The SMILES string of the molecule is CCCCCCCOCC(C)CS. The van der Waals surface area contributed by atoms with E-state index < -0.39 is 0 Å². The third-order valence-electron chi connectivity index (χ3n) is 2.11. The van der Waals surface area contributed by atoms with Gasteiger partial charge in [-0.1, -0.05) is 39.5 Å². The maximum atomic E-state index is 5.52. The Labute approximate surface area is 88.7 Å². The van der Waals surface area contributed by atoms with Crippen molar-refractivity contribution in [3.05, 3.63) is 0 Å². The van der Waals surface area contributed by atoms with Crippen molar-refractivity contribution in [3.8, 4) is 0 Å². The number of thiol groups is 1.